The molecule has 5 rings (SSSR count). The van der Waals surface area contributed by atoms with E-state index in [0.29, 0.717) is 5.56 Å². The van der Waals surface area contributed by atoms with Crippen LogP contribution < -0.4 is 4.40 Å². The molecule has 33 heavy (non-hydrogen) atoms. The average molecular weight is 439 g/mol. The third kappa shape index (κ3) is 3.04. The molecular formula is C31H35N2+. The predicted molar refractivity (Wildman–Crippen MR) is 141 cm³/mol. The maximum Gasteiger partial charge on any atom is 0.295 e. The molecule has 3 aromatic carbocycles. The molecule has 0 amide bonds. The molecule has 0 bridgehead atoms. The Balaban J connectivity index is 2.23. The van der Waals surface area contributed by atoms with E-state index in [4.69, 9.17) is 4.11 Å². The Morgan fingerprint density at radius 1 is 0.788 bits per heavy atom. The first-order chi connectivity index (χ1) is 16.9. The summed E-state index contributed by atoms with van der Waals surface area (Å²) in [5, 5.41) is 2.97. The highest BCUT2D eigenvalue weighted by Gasteiger charge is 2.32. The van der Waals surface area contributed by atoms with Crippen LogP contribution in [0.1, 0.15) is 71.7 Å². The second kappa shape index (κ2) is 7.73. The second-order valence-corrected chi connectivity index (χ2v) is 9.95. The fourth-order valence-electron chi connectivity index (χ4n) is 5.75. The normalized spacial score (nSPS) is 13.9. The summed E-state index contributed by atoms with van der Waals surface area (Å²) < 4.78 is 30.0. The topological polar surface area (TPSA) is 9.03 Å². The van der Waals surface area contributed by atoms with Crippen molar-refractivity contribution in [1.29, 1.82) is 0 Å². The summed E-state index contributed by atoms with van der Waals surface area (Å²) >= 11 is 0. The molecular weight excluding hydrogens is 400 g/mol. The highest BCUT2D eigenvalue weighted by atomic mass is 15.2. The molecule has 5 aromatic rings. The van der Waals surface area contributed by atoms with Gasteiger partial charge in [0.1, 0.15) is 11.2 Å². The molecule has 0 saturated heterocycles. The van der Waals surface area contributed by atoms with Gasteiger partial charge in [-0.05, 0) is 68.8 Å². The number of hydrogen-bond donors (Lipinski definition) is 0. The van der Waals surface area contributed by atoms with Crippen molar-refractivity contribution in [2.24, 2.45) is 0 Å². The third-order valence-electron chi connectivity index (χ3n) is 7.10. The van der Waals surface area contributed by atoms with E-state index in [0.717, 1.165) is 33.0 Å². The third-order valence-corrected chi connectivity index (χ3v) is 7.10. The molecule has 0 aliphatic heterocycles. The Morgan fingerprint density at radius 2 is 1.42 bits per heavy atom. The van der Waals surface area contributed by atoms with E-state index in [1.807, 2.05) is 6.07 Å². The summed E-state index contributed by atoms with van der Waals surface area (Å²) in [6, 6.07) is 18.8. The van der Waals surface area contributed by atoms with Crippen LogP contribution in [0, 0.1) is 27.6 Å². The Kier molecular flexibility index (Phi) is 4.29. The number of pyridine rings is 1. The number of imidazole rings is 1. The van der Waals surface area contributed by atoms with E-state index in [-0.39, 0.29) is 12.0 Å². The van der Waals surface area contributed by atoms with Crippen molar-refractivity contribution in [3.8, 4) is 11.3 Å². The van der Waals surface area contributed by atoms with Crippen LogP contribution >= 0.6 is 0 Å². The van der Waals surface area contributed by atoms with Crippen molar-refractivity contribution >= 4 is 27.3 Å². The van der Waals surface area contributed by atoms with Crippen molar-refractivity contribution in [2.45, 2.75) is 67.3 Å². The van der Waals surface area contributed by atoms with Gasteiger partial charge in [-0.2, -0.15) is 4.40 Å². The zero-order valence-corrected chi connectivity index (χ0v) is 20.7. The van der Waals surface area contributed by atoms with Crippen LogP contribution in [0.4, 0.5) is 0 Å². The van der Waals surface area contributed by atoms with E-state index < -0.39 is 6.85 Å². The molecule has 0 unspecified atom stereocenters. The molecule has 168 valence electrons. The van der Waals surface area contributed by atoms with Gasteiger partial charge in [-0.3, -0.25) is 0 Å². The standard InChI is InChI=1S/C31H35N2/c1-18(2)24-15-11-16-25-28-22(7)14-10-17-26(28)33-30(27-20(5)12-9-13-21(27)6)23(8)32(19(3)4)31(33)29(24)25/h9-19H,1-8H3/q+1/i7D3. The van der Waals surface area contributed by atoms with E-state index in [1.54, 1.807) is 6.07 Å². The Hall–Kier alpha value is -3.13. The number of nitrogens with zero attached hydrogens (tertiary/aromatic N) is 2. The monoisotopic (exact) mass is 438 g/mol. The van der Waals surface area contributed by atoms with E-state index in [2.05, 4.69) is 99.9 Å². The fraction of sp³-hybridized carbons (Fsp3) is 0.323. The highest BCUT2D eigenvalue weighted by molar-refractivity contribution is 6.12. The number of fused-ring (bicyclic) bond motifs is 6. The highest BCUT2D eigenvalue weighted by Crippen LogP contribution is 2.39. The lowest BCUT2D eigenvalue weighted by Crippen LogP contribution is -2.26. The Morgan fingerprint density at radius 3 is 2.06 bits per heavy atom. The van der Waals surface area contributed by atoms with Crippen molar-refractivity contribution in [2.75, 3.05) is 0 Å². The molecule has 2 heteroatoms. The maximum absolute atomic E-state index is 8.40. The van der Waals surface area contributed by atoms with Gasteiger partial charge in [0.15, 0.2) is 5.69 Å². The number of hydrogen-bond acceptors (Lipinski definition) is 0. The first kappa shape index (κ1) is 18.3. The average Bonchev–Trinajstić information content (AvgIpc) is 3.10. The summed E-state index contributed by atoms with van der Waals surface area (Å²) in [5.41, 5.74) is 9.68. The predicted octanol–water partition coefficient (Wildman–Crippen LogP) is 8.14. The quantitative estimate of drug-likeness (QED) is 0.199. The SMILES string of the molecule is [2H]C([2H])([2H])c1cccc2c1c1cccc(C(C)C)c1c1n(C(C)C)c(C)c(-c3c(C)cccc3C)[n+]21. The summed E-state index contributed by atoms with van der Waals surface area (Å²) in [6.07, 6.45) is 0. The van der Waals surface area contributed by atoms with Crippen molar-refractivity contribution in [1.82, 2.24) is 4.57 Å². The number of benzene rings is 3. The lowest BCUT2D eigenvalue weighted by atomic mass is 9.93. The fourth-order valence-corrected chi connectivity index (χ4v) is 5.75. The van der Waals surface area contributed by atoms with Crippen LogP contribution in [0.2, 0.25) is 0 Å². The van der Waals surface area contributed by atoms with Gasteiger partial charge in [0.25, 0.3) is 5.65 Å². The molecule has 0 aliphatic rings. The zero-order chi connectivity index (χ0) is 26.1. The number of aromatic nitrogens is 2. The number of rotatable bonds is 3. The molecule has 0 saturated carbocycles. The summed E-state index contributed by atoms with van der Waals surface area (Å²) in [4.78, 5) is 0. The second-order valence-electron chi connectivity index (χ2n) is 9.95. The molecule has 0 radical (unpaired) electrons. The van der Waals surface area contributed by atoms with E-state index in [1.165, 1.54) is 27.9 Å². The number of aryl methyl sites for hydroxylation is 3. The molecule has 2 aromatic heterocycles. The molecule has 2 heterocycles. The van der Waals surface area contributed by atoms with Gasteiger partial charge >= 0.3 is 0 Å². The van der Waals surface area contributed by atoms with Gasteiger partial charge in [0.05, 0.1) is 11.4 Å². The first-order valence-electron chi connectivity index (χ1n) is 13.5. The van der Waals surface area contributed by atoms with Crippen molar-refractivity contribution in [3.05, 3.63) is 82.5 Å². The molecule has 0 N–H and O–H groups in total. The van der Waals surface area contributed by atoms with Gasteiger partial charge in [-0.1, -0.05) is 62.4 Å². The van der Waals surface area contributed by atoms with Gasteiger partial charge in [0.2, 0.25) is 0 Å². The lowest BCUT2D eigenvalue weighted by Gasteiger charge is -2.15. The Bertz CT molecular complexity index is 1630. The molecule has 0 fully saturated rings. The van der Waals surface area contributed by atoms with Gasteiger partial charge in [-0.15, -0.1) is 0 Å². The smallest absolute Gasteiger partial charge is 0.224 e. The summed E-state index contributed by atoms with van der Waals surface area (Å²) in [7, 11) is 0. The van der Waals surface area contributed by atoms with Crippen LogP contribution in [0.3, 0.4) is 0 Å². The van der Waals surface area contributed by atoms with Gasteiger partial charge < -0.3 is 0 Å². The van der Waals surface area contributed by atoms with E-state index in [9.17, 15) is 0 Å². The first-order valence-corrected chi connectivity index (χ1v) is 12.0. The van der Waals surface area contributed by atoms with Gasteiger partial charge in [-0.25, -0.2) is 4.57 Å². The lowest BCUT2D eigenvalue weighted by molar-refractivity contribution is -0.467. The minimum absolute atomic E-state index is 0.227. The Labute approximate surface area is 201 Å². The minimum Gasteiger partial charge on any atom is -0.224 e. The van der Waals surface area contributed by atoms with Crippen LogP contribution in [0.5, 0.6) is 0 Å². The van der Waals surface area contributed by atoms with Gasteiger partial charge in [0, 0.05) is 27.4 Å². The molecule has 0 atom stereocenters. The van der Waals surface area contributed by atoms with Crippen molar-refractivity contribution in [3.63, 3.8) is 0 Å². The minimum atomic E-state index is -2.22. The molecule has 0 aliphatic carbocycles. The maximum atomic E-state index is 8.40. The molecule has 2 nitrogen and oxygen atoms in total. The zero-order valence-electron chi connectivity index (χ0n) is 23.7. The van der Waals surface area contributed by atoms with Crippen LogP contribution in [0.15, 0.2) is 54.6 Å². The summed E-state index contributed by atoms with van der Waals surface area (Å²) in [6.45, 7) is 13.2. The van der Waals surface area contributed by atoms with Crippen LogP contribution in [-0.2, 0) is 0 Å². The molecule has 0 spiro atoms. The largest absolute Gasteiger partial charge is 0.295 e. The summed E-state index contributed by atoms with van der Waals surface area (Å²) in [5.74, 6) is 0.286. The van der Waals surface area contributed by atoms with Crippen LogP contribution in [-0.4, -0.2) is 4.57 Å². The van der Waals surface area contributed by atoms with E-state index >= 15 is 0 Å². The van der Waals surface area contributed by atoms with Crippen LogP contribution in [0.25, 0.3) is 38.6 Å². The van der Waals surface area contributed by atoms with Crippen molar-refractivity contribution < 1.29 is 8.51 Å².